The number of aromatic amines is 1. The smallest absolute Gasteiger partial charge is 0.230 e. The Bertz CT molecular complexity index is 1020. The van der Waals surface area contributed by atoms with Crippen molar-refractivity contribution in [2.24, 2.45) is 0 Å². The van der Waals surface area contributed by atoms with Crippen LogP contribution in [0.1, 0.15) is 16.3 Å². The highest BCUT2D eigenvalue weighted by Gasteiger charge is 2.10. The molecule has 0 saturated heterocycles. The van der Waals surface area contributed by atoms with E-state index < -0.39 is 0 Å². The molecule has 0 spiro atoms. The Kier molecular flexibility index (Phi) is 4.75. The number of amides is 1. The number of carbonyl (C=O) groups excluding carboxylic acids is 1. The zero-order valence-corrected chi connectivity index (χ0v) is 14.9. The standard InChI is InChI=1S/C20H18N4OS/c25-19(12-15-6-3-5-14-4-1-2-7-17(14)15)22-18-13-16(23-24-18)8-9-20-21-10-11-26-20/h1-7,10-11,13H,8-9,12H2,(H2,22,23,24,25). The zero-order chi connectivity index (χ0) is 17.8. The Labute approximate surface area is 155 Å². The predicted molar refractivity (Wildman–Crippen MR) is 104 cm³/mol. The highest BCUT2D eigenvalue weighted by Crippen LogP contribution is 2.19. The lowest BCUT2D eigenvalue weighted by atomic mass is 10.0. The van der Waals surface area contributed by atoms with Gasteiger partial charge in [-0.2, -0.15) is 5.10 Å². The maximum Gasteiger partial charge on any atom is 0.230 e. The number of carbonyl (C=O) groups is 1. The van der Waals surface area contributed by atoms with Crippen LogP contribution < -0.4 is 5.32 Å². The van der Waals surface area contributed by atoms with E-state index in [9.17, 15) is 4.79 Å². The van der Waals surface area contributed by atoms with E-state index >= 15 is 0 Å². The van der Waals surface area contributed by atoms with Crippen molar-refractivity contribution in [1.82, 2.24) is 15.2 Å². The average molecular weight is 362 g/mol. The molecule has 0 saturated carbocycles. The highest BCUT2D eigenvalue weighted by atomic mass is 32.1. The summed E-state index contributed by atoms with van der Waals surface area (Å²) in [5, 5.41) is 15.4. The first-order valence-electron chi connectivity index (χ1n) is 8.47. The molecule has 0 aliphatic heterocycles. The minimum Gasteiger partial charge on any atom is -0.309 e. The van der Waals surface area contributed by atoms with E-state index in [0.717, 1.165) is 39.9 Å². The monoisotopic (exact) mass is 362 g/mol. The molecule has 0 aliphatic carbocycles. The van der Waals surface area contributed by atoms with Gasteiger partial charge in [-0.05, 0) is 22.8 Å². The molecule has 5 nitrogen and oxygen atoms in total. The lowest BCUT2D eigenvalue weighted by Crippen LogP contribution is -2.14. The minimum absolute atomic E-state index is 0.0701. The van der Waals surface area contributed by atoms with Crippen LogP contribution in [0.3, 0.4) is 0 Å². The van der Waals surface area contributed by atoms with Gasteiger partial charge in [-0.15, -0.1) is 11.3 Å². The van der Waals surface area contributed by atoms with Crippen molar-refractivity contribution >= 4 is 33.8 Å². The Hall–Kier alpha value is -2.99. The molecule has 0 aliphatic rings. The molecule has 0 bridgehead atoms. The molecular formula is C20H18N4OS. The fourth-order valence-electron chi connectivity index (χ4n) is 2.98. The Morgan fingerprint density at radius 1 is 1.12 bits per heavy atom. The van der Waals surface area contributed by atoms with Crippen LogP contribution in [0.2, 0.25) is 0 Å². The number of hydrogen-bond donors (Lipinski definition) is 2. The zero-order valence-electron chi connectivity index (χ0n) is 14.1. The molecule has 2 heterocycles. The summed E-state index contributed by atoms with van der Waals surface area (Å²) in [6.45, 7) is 0. The second-order valence-corrected chi connectivity index (χ2v) is 7.05. The predicted octanol–water partition coefficient (Wildman–Crippen LogP) is 3.99. The van der Waals surface area contributed by atoms with Crippen LogP contribution in [0.25, 0.3) is 10.8 Å². The fraction of sp³-hybridized carbons (Fsp3) is 0.150. The number of H-pyrrole nitrogens is 1. The molecular weight excluding hydrogens is 344 g/mol. The van der Waals surface area contributed by atoms with Crippen LogP contribution in [-0.2, 0) is 24.1 Å². The number of fused-ring (bicyclic) bond motifs is 1. The molecule has 0 unspecified atom stereocenters. The van der Waals surface area contributed by atoms with Crippen LogP contribution >= 0.6 is 11.3 Å². The second kappa shape index (κ2) is 7.49. The summed E-state index contributed by atoms with van der Waals surface area (Å²) < 4.78 is 0. The number of nitrogens with zero attached hydrogens (tertiary/aromatic N) is 2. The summed E-state index contributed by atoms with van der Waals surface area (Å²) in [6, 6.07) is 16.0. The van der Waals surface area contributed by atoms with Crippen molar-refractivity contribution < 1.29 is 4.79 Å². The van der Waals surface area contributed by atoms with E-state index in [1.165, 1.54) is 0 Å². The van der Waals surface area contributed by atoms with Crippen LogP contribution in [0.5, 0.6) is 0 Å². The first-order valence-corrected chi connectivity index (χ1v) is 9.35. The Morgan fingerprint density at radius 3 is 2.88 bits per heavy atom. The van der Waals surface area contributed by atoms with Gasteiger partial charge in [-0.3, -0.25) is 9.89 Å². The molecule has 26 heavy (non-hydrogen) atoms. The molecule has 6 heteroatoms. The van der Waals surface area contributed by atoms with Gasteiger partial charge in [0.05, 0.1) is 11.4 Å². The lowest BCUT2D eigenvalue weighted by Gasteiger charge is -2.06. The molecule has 130 valence electrons. The molecule has 0 radical (unpaired) electrons. The largest absolute Gasteiger partial charge is 0.309 e. The van der Waals surface area contributed by atoms with Gasteiger partial charge < -0.3 is 5.32 Å². The number of aryl methyl sites for hydroxylation is 2. The Morgan fingerprint density at radius 2 is 2.00 bits per heavy atom. The van der Waals surface area contributed by atoms with Crippen LogP contribution in [-0.4, -0.2) is 21.1 Å². The van der Waals surface area contributed by atoms with Gasteiger partial charge >= 0.3 is 0 Å². The topological polar surface area (TPSA) is 70.7 Å². The lowest BCUT2D eigenvalue weighted by molar-refractivity contribution is -0.115. The van der Waals surface area contributed by atoms with Crippen molar-refractivity contribution in [1.29, 1.82) is 0 Å². The summed E-state index contributed by atoms with van der Waals surface area (Å²) in [6.07, 6.45) is 3.82. The van der Waals surface area contributed by atoms with Gasteiger partial charge in [-0.25, -0.2) is 4.98 Å². The molecule has 2 N–H and O–H groups in total. The van der Waals surface area contributed by atoms with Gasteiger partial charge in [0, 0.05) is 29.8 Å². The fourth-order valence-corrected chi connectivity index (χ4v) is 3.60. The quantitative estimate of drug-likeness (QED) is 0.545. The highest BCUT2D eigenvalue weighted by molar-refractivity contribution is 7.09. The molecule has 1 amide bonds. The number of thiazole rings is 1. The summed E-state index contributed by atoms with van der Waals surface area (Å²) in [7, 11) is 0. The molecule has 2 aromatic heterocycles. The third-order valence-corrected chi connectivity index (χ3v) is 5.06. The summed E-state index contributed by atoms with van der Waals surface area (Å²) in [5.74, 6) is 0.490. The van der Waals surface area contributed by atoms with Crippen molar-refractivity contribution in [3.05, 3.63) is 76.4 Å². The van der Waals surface area contributed by atoms with Gasteiger partial charge in [0.25, 0.3) is 0 Å². The van der Waals surface area contributed by atoms with Crippen molar-refractivity contribution in [3.8, 4) is 0 Å². The van der Waals surface area contributed by atoms with E-state index in [1.54, 1.807) is 11.3 Å². The minimum atomic E-state index is -0.0701. The van der Waals surface area contributed by atoms with Crippen molar-refractivity contribution in [2.45, 2.75) is 19.3 Å². The van der Waals surface area contributed by atoms with E-state index in [1.807, 2.05) is 48.0 Å². The van der Waals surface area contributed by atoms with Gasteiger partial charge in [0.15, 0.2) is 5.82 Å². The van der Waals surface area contributed by atoms with Gasteiger partial charge in [-0.1, -0.05) is 42.5 Å². The first-order chi connectivity index (χ1) is 12.8. The number of hydrogen-bond acceptors (Lipinski definition) is 4. The van der Waals surface area contributed by atoms with E-state index in [0.29, 0.717) is 12.2 Å². The third kappa shape index (κ3) is 3.81. The normalized spacial score (nSPS) is 10.9. The molecule has 4 rings (SSSR count). The number of benzene rings is 2. The van der Waals surface area contributed by atoms with Gasteiger partial charge in [0.1, 0.15) is 0 Å². The van der Waals surface area contributed by atoms with Crippen LogP contribution in [0, 0.1) is 0 Å². The van der Waals surface area contributed by atoms with E-state index in [2.05, 4.69) is 32.6 Å². The maximum atomic E-state index is 12.4. The average Bonchev–Trinajstić information content (AvgIpc) is 3.32. The van der Waals surface area contributed by atoms with E-state index in [-0.39, 0.29) is 5.91 Å². The van der Waals surface area contributed by atoms with Crippen LogP contribution in [0.4, 0.5) is 5.82 Å². The Balaban J connectivity index is 1.39. The molecule has 0 fully saturated rings. The SMILES string of the molecule is O=C(Cc1cccc2ccccc12)Nc1cc(CCc2nccs2)[nH]n1. The molecule has 0 atom stereocenters. The molecule has 2 aromatic carbocycles. The second-order valence-electron chi connectivity index (χ2n) is 6.07. The summed E-state index contributed by atoms with van der Waals surface area (Å²) >= 11 is 1.65. The summed E-state index contributed by atoms with van der Waals surface area (Å²) in [5.41, 5.74) is 2.00. The number of aromatic nitrogens is 3. The van der Waals surface area contributed by atoms with Crippen molar-refractivity contribution in [3.63, 3.8) is 0 Å². The number of anilines is 1. The number of rotatable bonds is 6. The van der Waals surface area contributed by atoms with Gasteiger partial charge in [0.2, 0.25) is 5.91 Å². The van der Waals surface area contributed by atoms with E-state index in [4.69, 9.17) is 0 Å². The third-order valence-electron chi connectivity index (χ3n) is 4.22. The van der Waals surface area contributed by atoms with Crippen LogP contribution in [0.15, 0.2) is 60.1 Å². The summed E-state index contributed by atoms with van der Waals surface area (Å²) in [4.78, 5) is 16.7. The van der Waals surface area contributed by atoms with Crippen molar-refractivity contribution in [2.75, 3.05) is 5.32 Å². The number of nitrogens with one attached hydrogen (secondary N) is 2. The first kappa shape index (κ1) is 16.5. The molecule has 4 aromatic rings. The maximum absolute atomic E-state index is 12.4.